The van der Waals surface area contributed by atoms with Crippen LogP contribution in [0, 0.1) is 5.41 Å². The summed E-state index contributed by atoms with van der Waals surface area (Å²) in [7, 11) is 2.24. The first kappa shape index (κ1) is 18.3. The molecule has 0 radical (unpaired) electrons. The van der Waals surface area contributed by atoms with E-state index in [4.69, 9.17) is 4.99 Å². The normalized spacial score (nSPS) is 28.4. The first-order chi connectivity index (χ1) is 10.2. The van der Waals surface area contributed by atoms with Gasteiger partial charge in [-0.15, -0.1) is 24.0 Å². The summed E-state index contributed by atoms with van der Waals surface area (Å²) in [6, 6.07) is 0.654. The topological polar surface area (TPSA) is 30.9 Å². The maximum Gasteiger partial charge on any atom is 0.193 e. The van der Waals surface area contributed by atoms with Crippen LogP contribution in [0.1, 0.15) is 51.9 Å². The van der Waals surface area contributed by atoms with E-state index in [1.165, 1.54) is 70.5 Å². The molecule has 128 valence electrons. The molecule has 0 aromatic carbocycles. The molecule has 1 atom stereocenters. The van der Waals surface area contributed by atoms with Gasteiger partial charge in [0.05, 0.1) is 6.54 Å². The van der Waals surface area contributed by atoms with Crippen molar-refractivity contribution < 1.29 is 0 Å². The Labute approximate surface area is 153 Å². The van der Waals surface area contributed by atoms with Gasteiger partial charge in [-0.25, -0.2) is 0 Å². The zero-order valence-electron chi connectivity index (χ0n) is 14.3. The van der Waals surface area contributed by atoms with E-state index >= 15 is 0 Å². The number of likely N-dealkylation sites (N-methyl/N-ethyl adjacent to an activating group) is 1. The van der Waals surface area contributed by atoms with Crippen LogP contribution in [-0.4, -0.2) is 61.6 Å². The smallest absolute Gasteiger partial charge is 0.193 e. The van der Waals surface area contributed by atoms with Gasteiger partial charge in [-0.3, -0.25) is 4.99 Å². The van der Waals surface area contributed by atoms with Gasteiger partial charge >= 0.3 is 0 Å². The Morgan fingerprint density at radius 1 is 1.18 bits per heavy atom. The van der Waals surface area contributed by atoms with E-state index in [-0.39, 0.29) is 24.0 Å². The van der Waals surface area contributed by atoms with Gasteiger partial charge in [0.15, 0.2) is 5.96 Å². The second-order valence-electron chi connectivity index (χ2n) is 7.35. The van der Waals surface area contributed by atoms with E-state index in [0.717, 1.165) is 13.1 Å². The number of nitrogens with zero attached hydrogens (tertiary/aromatic N) is 3. The molecule has 0 bridgehead atoms. The number of hydrogen-bond donors (Lipinski definition) is 1. The summed E-state index contributed by atoms with van der Waals surface area (Å²) in [6.07, 6.45) is 9.77. The van der Waals surface area contributed by atoms with Gasteiger partial charge in [0.25, 0.3) is 0 Å². The van der Waals surface area contributed by atoms with Crippen molar-refractivity contribution in [1.29, 1.82) is 0 Å². The molecule has 22 heavy (non-hydrogen) atoms. The monoisotopic (exact) mass is 420 g/mol. The van der Waals surface area contributed by atoms with Crippen LogP contribution in [-0.2, 0) is 0 Å². The second kappa shape index (κ2) is 8.18. The van der Waals surface area contributed by atoms with Gasteiger partial charge in [-0.05, 0) is 58.0 Å². The average molecular weight is 420 g/mol. The molecular formula is C17H33IN4. The molecule has 0 aromatic rings. The van der Waals surface area contributed by atoms with Crippen molar-refractivity contribution in [3.05, 3.63) is 0 Å². The van der Waals surface area contributed by atoms with Gasteiger partial charge in [0.2, 0.25) is 0 Å². The lowest BCUT2D eigenvalue weighted by Gasteiger charge is -2.26. The zero-order chi connectivity index (χ0) is 14.7. The third-order valence-electron chi connectivity index (χ3n) is 5.86. The highest BCUT2D eigenvalue weighted by Crippen LogP contribution is 2.45. The standard InChI is InChI=1S/C17H32N4.HI/c1-3-18-16(19-13-15-7-6-11-20(15)2)21-12-10-17(14-21)8-4-5-9-17;/h15H,3-14H2,1-2H3,(H,18,19);1H. The Hall–Kier alpha value is -0.0400. The van der Waals surface area contributed by atoms with Crippen LogP contribution in [0.2, 0.25) is 0 Å². The summed E-state index contributed by atoms with van der Waals surface area (Å²) in [5, 5.41) is 3.53. The maximum atomic E-state index is 4.97. The zero-order valence-corrected chi connectivity index (χ0v) is 16.6. The van der Waals surface area contributed by atoms with Crippen LogP contribution in [0.3, 0.4) is 0 Å². The molecule has 2 aliphatic heterocycles. The van der Waals surface area contributed by atoms with Crippen molar-refractivity contribution in [1.82, 2.24) is 15.1 Å². The van der Waals surface area contributed by atoms with Crippen LogP contribution in [0.15, 0.2) is 4.99 Å². The third-order valence-corrected chi connectivity index (χ3v) is 5.86. The average Bonchev–Trinajstić information content (AvgIpc) is 3.19. The van der Waals surface area contributed by atoms with E-state index in [2.05, 4.69) is 29.1 Å². The molecule has 3 fully saturated rings. The van der Waals surface area contributed by atoms with E-state index in [9.17, 15) is 0 Å². The van der Waals surface area contributed by atoms with Crippen molar-refractivity contribution in [2.45, 2.75) is 57.9 Å². The van der Waals surface area contributed by atoms with Crippen LogP contribution in [0.5, 0.6) is 0 Å². The summed E-state index contributed by atoms with van der Waals surface area (Å²) >= 11 is 0. The SMILES string of the molecule is CCNC(=NCC1CCCN1C)N1CCC2(CCCC2)C1.I. The Morgan fingerprint density at radius 3 is 2.59 bits per heavy atom. The Kier molecular flexibility index (Phi) is 6.80. The number of hydrogen-bond acceptors (Lipinski definition) is 2. The van der Waals surface area contributed by atoms with Crippen molar-refractivity contribution in [3.8, 4) is 0 Å². The number of likely N-dealkylation sites (tertiary alicyclic amines) is 2. The quantitative estimate of drug-likeness (QED) is 0.433. The number of guanidine groups is 1. The summed E-state index contributed by atoms with van der Waals surface area (Å²) in [5.41, 5.74) is 0.625. The lowest BCUT2D eigenvalue weighted by atomic mass is 9.86. The van der Waals surface area contributed by atoms with Crippen molar-refractivity contribution >= 4 is 29.9 Å². The summed E-state index contributed by atoms with van der Waals surface area (Å²) in [5.74, 6) is 1.17. The van der Waals surface area contributed by atoms with Crippen molar-refractivity contribution in [2.75, 3.05) is 39.8 Å². The minimum Gasteiger partial charge on any atom is -0.357 e. The molecule has 1 N–H and O–H groups in total. The van der Waals surface area contributed by atoms with Gasteiger partial charge < -0.3 is 15.1 Å². The predicted octanol–water partition coefficient (Wildman–Crippen LogP) is 2.93. The molecule has 5 heteroatoms. The van der Waals surface area contributed by atoms with Crippen molar-refractivity contribution in [2.24, 2.45) is 10.4 Å². The molecule has 4 nitrogen and oxygen atoms in total. The molecule has 0 aromatic heterocycles. The molecule has 3 rings (SSSR count). The molecule has 1 spiro atoms. The molecule has 0 amide bonds. The maximum absolute atomic E-state index is 4.97. The lowest BCUT2D eigenvalue weighted by Crippen LogP contribution is -2.42. The van der Waals surface area contributed by atoms with Gasteiger partial charge in [-0.1, -0.05) is 12.8 Å². The van der Waals surface area contributed by atoms with E-state index < -0.39 is 0 Å². The van der Waals surface area contributed by atoms with Gasteiger partial charge in [0, 0.05) is 25.7 Å². The highest BCUT2D eigenvalue weighted by molar-refractivity contribution is 14.0. The fourth-order valence-electron chi connectivity index (χ4n) is 4.48. The van der Waals surface area contributed by atoms with E-state index in [0.29, 0.717) is 11.5 Å². The molecule has 3 aliphatic rings. The Morgan fingerprint density at radius 2 is 1.95 bits per heavy atom. The highest BCUT2D eigenvalue weighted by Gasteiger charge is 2.41. The van der Waals surface area contributed by atoms with Crippen LogP contribution in [0.25, 0.3) is 0 Å². The molecule has 1 saturated carbocycles. The fourth-order valence-corrected chi connectivity index (χ4v) is 4.48. The minimum atomic E-state index is 0. The first-order valence-electron chi connectivity index (χ1n) is 8.96. The third kappa shape index (κ3) is 4.08. The Bertz CT molecular complexity index is 379. The number of aliphatic imine (C=N–C) groups is 1. The summed E-state index contributed by atoms with van der Waals surface area (Å²) in [6.45, 7) is 7.79. The Balaban J connectivity index is 0.00000176. The number of rotatable bonds is 3. The van der Waals surface area contributed by atoms with Crippen LogP contribution >= 0.6 is 24.0 Å². The molecule has 1 aliphatic carbocycles. The van der Waals surface area contributed by atoms with Crippen LogP contribution in [0.4, 0.5) is 0 Å². The molecule has 2 saturated heterocycles. The van der Waals surface area contributed by atoms with Gasteiger partial charge in [0.1, 0.15) is 0 Å². The predicted molar refractivity (Wildman–Crippen MR) is 104 cm³/mol. The number of halogens is 1. The molecule has 1 unspecified atom stereocenters. The summed E-state index contributed by atoms with van der Waals surface area (Å²) < 4.78 is 0. The summed E-state index contributed by atoms with van der Waals surface area (Å²) in [4.78, 5) is 9.97. The van der Waals surface area contributed by atoms with Crippen molar-refractivity contribution in [3.63, 3.8) is 0 Å². The van der Waals surface area contributed by atoms with Crippen LogP contribution < -0.4 is 5.32 Å². The highest BCUT2D eigenvalue weighted by atomic mass is 127. The van der Waals surface area contributed by atoms with Gasteiger partial charge in [-0.2, -0.15) is 0 Å². The molecular weight excluding hydrogens is 387 g/mol. The van der Waals surface area contributed by atoms with E-state index in [1.807, 2.05) is 0 Å². The largest absolute Gasteiger partial charge is 0.357 e. The van der Waals surface area contributed by atoms with E-state index in [1.54, 1.807) is 0 Å². The molecule has 2 heterocycles. The lowest BCUT2D eigenvalue weighted by molar-refractivity contribution is 0.305. The number of nitrogens with one attached hydrogen (secondary N) is 1. The fraction of sp³-hybridized carbons (Fsp3) is 0.941. The first-order valence-corrected chi connectivity index (χ1v) is 8.96. The second-order valence-corrected chi connectivity index (χ2v) is 7.35. The minimum absolute atomic E-state index is 0.